The molecule has 9 nitrogen and oxygen atoms in total. The van der Waals surface area contributed by atoms with Crippen molar-refractivity contribution >= 4 is 17.9 Å². The summed E-state index contributed by atoms with van der Waals surface area (Å²) in [6.07, 6.45) is 37.4. The summed E-state index contributed by atoms with van der Waals surface area (Å²) < 4.78 is 22.5. The maximum atomic E-state index is 12.7. The molecular weight excluding hydrogens is 682 g/mol. The molecule has 0 saturated heterocycles. The molecule has 54 heavy (non-hydrogen) atoms. The van der Waals surface area contributed by atoms with Gasteiger partial charge in [0, 0.05) is 12.8 Å². The molecule has 0 amide bonds. The summed E-state index contributed by atoms with van der Waals surface area (Å²) in [5.41, 5.74) is 0. The quantitative estimate of drug-likeness (QED) is 0.0200. The number of carboxylic acid groups (broad SMARTS) is 1. The molecule has 314 valence electrons. The zero-order valence-electron chi connectivity index (χ0n) is 35.3. The number of hydrogen-bond acceptors (Lipinski definition) is 8. The van der Waals surface area contributed by atoms with Crippen LogP contribution >= 0.6 is 0 Å². The number of hydrogen-bond donors (Lipinski definition) is 0. The van der Waals surface area contributed by atoms with Gasteiger partial charge in [-0.1, -0.05) is 153 Å². The van der Waals surface area contributed by atoms with Crippen molar-refractivity contribution < 1.29 is 42.9 Å². The molecule has 0 aliphatic carbocycles. The maximum absolute atomic E-state index is 12.7. The Labute approximate surface area is 330 Å². The van der Waals surface area contributed by atoms with E-state index in [-0.39, 0.29) is 32.2 Å². The summed E-state index contributed by atoms with van der Waals surface area (Å²) >= 11 is 0. The number of nitrogens with zero attached hydrogens (tertiary/aromatic N) is 1. The van der Waals surface area contributed by atoms with Crippen molar-refractivity contribution in [2.45, 2.75) is 187 Å². The first-order valence-corrected chi connectivity index (χ1v) is 21.6. The number of esters is 2. The Morgan fingerprint density at radius 3 is 1.57 bits per heavy atom. The van der Waals surface area contributed by atoms with Gasteiger partial charge in [0.2, 0.25) is 0 Å². The number of carbonyl (C=O) groups excluding carboxylic acids is 3. The summed E-state index contributed by atoms with van der Waals surface area (Å²) in [5.74, 6) is -2.30. The Balaban J connectivity index is 4.47. The second kappa shape index (κ2) is 37.4. The van der Waals surface area contributed by atoms with E-state index in [9.17, 15) is 19.5 Å². The van der Waals surface area contributed by atoms with E-state index in [1.807, 2.05) is 21.1 Å². The van der Waals surface area contributed by atoms with Crippen LogP contribution < -0.4 is 5.11 Å². The van der Waals surface area contributed by atoms with Crippen LogP contribution in [0.2, 0.25) is 0 Å². The Hall–Kier alpha value is -2.49. The van der Waals surface area contributed by atoms with Gasteiger partial charge < -0.3 is 33.3 Å². The molecule has 0 fully saturated rings. The zero-order chi connectivity index (χ0) is 40.0. The van der Waals surface area contributed by atoms with E-state index < -0.39 is 24.3 Å². The van der Waals surface area contributed by atoms with Crippen LogP contribution in [0.3, 0.4) is 0 Å². The van der Waals surface area contributed by atoms with E-state index in [2.05, 4.69) is 50.3 Å². The molecule has 0 aliphatic heterocycles. The van der Waals surface area contributed by atoms with E-state index in [4.69, 9.17) is 18.9 Å². The van der Waals surface area contributed by atoms with Gasteiger partial charge in [-0.3, -0.25) is 9.59 Å². The topological polar surface area (TPSA) is 111 Å². The second-order valence-corrected chi connectivity index (χ2v) is 15.6. The number of rotatable bonds is 39. The lowest BCUT2D eigenvalue weighted by molar-refractivity contribution is -0.870. The van der Waals surface area contributed by atoms with E-state index in [0.717, 1.165) is 64.2 Å². The predicted octanol–water partition coefficient (Wildman–Crippen LogP) is 9.72. The van der Waals surface area contributed by atoms with Crippen LogP contribution in [0, 0.1) is 0 Å². The minimum Gasteiger partial charge on any atom is -0.545 e. The number of allylic oxidation sites excluding steroid dienone is 6. The average molecular weight is 764 g/mol. The van der Waals surface area contributed by atoms with Gasteiger partial charge in [-0.05, 0) is 44.9 Å². The normalized spacial score (nSPS) is 13.3. The Morgan fingerprint density at radius 2 is 1.06 bits per heavy atom. The highest BCUT2D eigenvalue weighted by Gasteiger charge is 2.21. The molecule has 0 aromatic rings. The van der Waals surface area contributed by atoms with Crippen LogP contribution in [-0.2, 0) is 33.3 Å². The average Bonchev–Trinajstić information content (AvgIpc) is 3.12. The summed E-state index contributed by atoms with van der Waals surface area (Å²) in [7, 11) is 5.90. The summed E-state index contributed by atoms with van der Waals surface area (Å²) in [6.45, 7) is 4.61. The molecule has 0 N–H and O–H groups in total. The van der Waals surface area contributed by atoms with Gasteiger partial charge in [0.05, 0.1) is 40.3 Å². The molecule has 2 atom stereocenters. The lowest BCUT2D eigenvalue weighted by atomic mass is 10.0. The fourth-order valence-electron chi connectivity index (χ4n) is 5.78. The predicted molar refractivity (Wildman–Crippen MR) is 219 cm³/mol. The van der Waals surface area contributed by atoms with Crippen molar-refractivity contribution in [3.05, 3.63) is 36.5 Å². The fraction of sp³-hybridized carbons (Fsp3) is 0.800. The summed E-state index contributed by atoms with van der Waals surface area (Å²) in [5, 5.41) is 11.7. The van der Waals surface area contributed by atoms with E-state index in [1.54, 1.807) is 0 Å². The number of ether oxygens (including phenoxy) is 4. The molecule has 9 heteroatoms. The van der Waals surface area contributed by atoms with Crippen LogP contribution in [-0.4, -0.2) is 82.3 Å². The molecule has 0 aromatic carbocycles. The van der Waals surface area contributed by atoms with Gasteiger partial charge in [-0.2, -0.15) is 0 Å². The number of quaternary nitrogens is 1. The van der Waals surface area contributed by atoms with Gasteiger partial charge in [-0.15, -0.1) is 0 Å². The lowest BCUT2D eigenvalue weighted by Gasteiger charge is -2.26. The maximum Gasteiger partial charge on any atom is 0.306 e. The molecule has 0 radical (unpaired) electrons. The number of unbranched alkanes of at least 4 members (excludes halogenated alkanes) is 18. The van der Waals surface area contributed by atoms with Crippen molar-refractivity contribution in [2.75, 3.05) is 47.5 Å². The molecule has 0 bridgehead atoms. The standard InChI is InChI=1S/C45H81NO8/c1-6-8-10-12-14-16-18-20-21-22-23-24-26-28-30-32-34-36-43(48)54-41(40-53-45(44(49)50)51-38-37-46(3,4)5)39-52-42(47)35-33-31-29-27-25-19-17-15-13-11-9-7-2/h8,10,14,16,20-21,41,45H,6-7,9,11-13,15,17-19,22-40H2,1-5H3/b10-8-,16-14-,21-20-. The van der Waals surface area contributed by atoms with E-state index in [0.29, 0.717) is 23.9 Å². The van der Waals surface area contributed by atoms with Gasteiger partial charge >= 0.3 is 11.9 Å². The minimum atomic E-state index is -1.62. The van der Waals surface area contributed by atoms with Crippen molar-refractivity contribution in [1.82, 2.24) is 0 Å². The molecule has 0 heterocycles. The van der Waals surface area contributed by atoms with Gasteiger partial charge in [0.15, 0.2) is 12.4 Å². The highest BCUT2D eigenvalue weighted by Crippen LogP contribution is 2.14. The van der Waals surface area contributed by atoms with Gasteiger partial charge in [-0.25, -0.2) is 0 Å². The van der Waals surface area contributed by atoms with Crippen molar-refractivity contribution in [2.24, 2.45) is 0 Å². The smallest absolute Gasteiger partial charge is 0.306 e. The zero-order valence-corrected chi connectivity index (χ0v) is 35.3. The highest BCUT2D eigenvalue weighted by atomic mass is 16.7. The molecular formula is C45H81NO8. The molecule has 0 saturated carbocycles. The number of aliphatic carboxylic acids is 1. The van der Waals surface area contributed by atoms with E-state index >= 15 is 0 Å². The summed E-state index contributed by atoms with van der Waals surface area (Å²) in [6, 6.07) is 0. The SMILES string of the molecule is CC/C=C\C/C=C\C/C=C\CCCCCCCCCC(=O)OC(COC(=O)CCCCCCCCCCCCCC)COC(OCC[N+](C)(C)C)C(=O)[O-]. The van der Waals surface area contributed by atoms with Crippen LogP contribution in [0.4, 0.5) is 0 Å². The third kappa shape index (κ3) is 37.8. The third-order valence-electron chi connectivity index (χ3n) is 9.15. The molecule has 0 rings (SSSR count). The van der Waals surface area contributed by atoms with Gasteiger partial charge in [0.25, 0.3) is 0 Å². The number of likely N-dealkylation sites (N-methyl/N-ethyl adjacent to an activating group) is 1. The molecule has 2 unspecified atom stereocenters. The van der Waals surface area contributed by atoms with Crippen LogP contribution in [0.15, 0.2) is 36.5 Å². The molecule has 0 aliphatic rings. The number of carbonyl (C=O) groups is 3. The fourth-order valence-corrected chi connectivity index (χ4v) is 5.78. The van der Waals surface area contributed by atoms with E-state index in [1.165, 1.54) is 77.0 Å². The highest BCUT2D eigenvalue weighted by molar-refractivity contribution is 5.70. The Bertz CT molecular complexity index is 987. The van der Waals surface area contributed by atoms with Crippen molar-refractivity contribution in [3.8, 4) is 0 Å². The largest absolute Gasteiger partial charge is 0.545 e. The van der Waals surface area contributed by atoms with Crippen LogP contribution in [0.5, 0.6) is 0 Å². The lowest BCUT2D eigenvalue weighted by Crippen LogP contribution is -2.44. The number of carboxylic acids is 1. The third-order valence-corrected chi connectivity index (χ3v) is 9.15. The summed E-state index contributed by atoms with van der Waals surface area (Å²) in [4.78, 5) is 36.9. The minimum absolute atomic E-state index is 0.146. The monoisotopic (exact) mass is 764 g/mol. The first-order chi connectivity index (χ1) is 26.1. The molecule has 0 aromatic heterocycles. The second-order valence-electron chi connectivity index (χ2n) is 15.6. The van der Waals surface area contributed by atoms with Crippen LogP contribution in [0.1, 0.15) is 174 Å². The van der Waals surface area contributed by atoms with Crippen molar-refractivity contribution in [1.29, 1.82) is 0 Å². The Kier molecular flexibility index (Phi) is 35.7. The first-order valence-electron chi connectivity index (χ1n) is 21.6. The van der Waals surface area contributed by atoms with Crippen molar-refractivity contribution in [3.63, 3.8) is 0 Å². The Morgan fingerprint density at radius 1 is 0.574 bits per heavy atom. The first kappa shape index (κ1) is 51.5. The van der Waals surface area contributed by atoms with Crippen LogP contribution in [0.25, 0.3) is 0 Å². The van der Waals surface area contributed by atoms with Gasteiger partial charge in [0.1, 0.15) is 13.2 Å². The molecule has 0 spiro atoms.